The number of hydrogen-bond acceptors (Lipinski definition) is 3. The number of ether oxygens (including phenoxy) is 1. The lowest BCUT2D eigenvalue weighted by Crippen LogP contribution is -2.47. The average Bonchev–Trinajstić information content (AvgIpc) is 2.60. The predicted octanol–water partition coefficient (Wildman–Crippen LogP) is 4.05. The number of hydrogen-bond donors (Lipinski definition) is 2. The minimum atomic E-state index is -0.693. The zero-order valence-electron chi connectivity index (χ0n) is 15.3. The van der Waals surface area contributed by atoms with Gasteiger partial charge in [-0.2, -0.15) is 0 Å². The van der Waals surface area contributed by atoms with E-state index in [1.165, 1.54) is 0 Å². The molecule has 0 fully saturated rings. The summed E-state index contributed by atoms with van der Waals surface area (Å²) in [4.78, 5) is 25.2. The smallest absolute Gasteiger partial charge is 0.251 e. The fourth-order valence-electron chi connectivity index (χ4n) is 2.48. The highest BCUT2D eigenvalue weighted by Crippen LogP contribution is 2.27. The molecule has 0 aromatic heterocycles. The molecular weight excluding hydrogens is 352 g/mol. The van der Waals surface area contributed by atoms with E-state index in [0.717, 1.165) is 5.56 Å². The molecule has 0 aliphatic carbocycles. The van der Waals surface area contributed by atoms with Crippen molar-refractivity contribution in [1.82, 2.24) is 5.32 Å². The fourth-order valence-corrected chi connectivity index (χ4v) is 2.70. The summed E-state index contributed by atoms with van der Waals surface area (Å²) in [6.45, 7) is 5.65. The van der Waals surface area contributed by atoms with Crippen LogP contribution in [0.3, 0.4) is 0 Å². The van der Waals surface area contributed by atoms with Crippen LogP contribution in [-0.4, -0.2) is 25.0 Å². The first-order valence-corrected chi connectivity index (χ1v) is 8.71. The first-order valence-electron chi connectivity index (χ1n) is 8.33. The van der Waals surface area contributed by atoms with Crippen molar-refractivity contribution in [2.75, 3.05) is 12.4 Å². The van der Waals surface area contributed by atoms with E-state index >= 15 is 0 Å². The van der Waals surface area contributed by atoms with Gasteiger partial charge in [-0.15, -0.1) is 0 Å². The van der Waals surface area contributed by atoms with Crippen LogP contribution >= 0.6 is 11.6 Å². The molecule has 26 heavy (non-hydrogen) atoms. The van der Waals surface area contributed by atoms with Gasteiger partial charge in [-0.05, 0) is 37.1 Å². The van der Waals surface area contributed by atoms with Crippen LogP contribution in [0.25, 0.3) is 0 Å². The molecule has 138 valence electrons. The van der Waals surface area contributed by atoms with Crippen LogP contribution in [0, 0.1) is 12.8 Å². The van der Waals surface area contributed by atoms with Gasteiger partial charge in [0, 0.05) is 11.6 Å². The first-order chi connectivity index (χ1) is 12.3. The summed E-state index contributed by atoms with van der Waals surface area (Å²) < 4.78 is 5.10. The van der Waals surface area contributed by atoms with Crippen molar-refractivity contribution in [1.29, 1.82) is 0 Å². The van der Waals surface area contributed by atoms with Gasteiger partial charge < -0.3 is 15.4 Å². The Balaban J connectivity index is 2.13. The molecule has 6 heteroatoms. The molecule has 2 rings (SSSR count). The normalized spacial score (nSPS) is 11.8. The third kappa shape index (κ3) is 4.99. The van der Waals surface area contributed by atoms with Crippen LogP contribution in [0.4, 0.5) is 5.69 Å². The zero-order valence-corrected chi connectivity index (χ0v) is 16.1. The lowest BCUT2D eigenvalue weighted by atomic mass is 10.0. The number of carbonyl (C=O) groups is 2. The number of carbonyl (C=O) groups excluding carboxylic acids is 2. The van der Waals surface area contributed by atoms with E-state index < -0.39 is 6.04 Å². The summed E-state index contributed by atoms with van der Waals surface area (Å²) in [5.41, 5.74) is 1.96. The molecule has 5 nitrogen and oxygen atoms in total. The highest BCUT2D eigenvalue weighted by molar-refractivity contribution is 6.33. The Morgan fingerprint density at radius 3 is 2.42 bits per heavy atom. The molecule has 1 atom stereocenters. The third-order valence-electron chi connectivity index (χ3n) is 3.95. The van der Waals surface area contributed by atoms with Gasteiger partial charge in [-0.1, -0.05) is 43.1 Å². The van der Waals surface area contributed by atoms with E-state index in [1.54, 1.807) is 37.4 Å². The lowest BCUT2D eigenvalue weighted by molar-refractivity contribution is -0.118. The minimum Gasteiger partial charge on any atom is -0.497 e. The van der Waals surface area contributed by atoms with Gasteiger partial charge in [-0.25, -0.2) is 0 Å². The predicted molar refractivity (Wildman–Crippen MR) is 104 cm³/mol. The maximum Gasteiger partial charge on any atom is 0.251 e. The number of methoxy groups -OCH3 is 1. The van der Waals surface area contributed by atoms with E-state index in [-0.39, 0.29) is 17.7 Å². The van der Waals surface area contributed by atoms with Crippen molar-refractivity contribution in [2.24, 2.45) is 5.92 Å². The summed E-state index contributed by atoms with van der Waals surface area (Å²) in [5, 5.41) is 5.94. The quantitative estimate of drug-likeness (QED) is 0.801. The Morgan fingerprint density at radius 1 is 1.12 bits per heavy atom. The van der Waals surface area contributed by atoms with Crippen LogP contribution in [0.2, 0.25) is 5.02 Å². The molecule has 2 aromatic carbocycles. The highest BCUT2D eigenvalue weighted by atomic mass is 35.5. The van der Waals surface area contributed by atoms with Crippen molar-refractivity contribution >= 4 is 29.1 Å². The van der Waals surface area contributed by atoms with Gasteiger partial charge in [-0.3, -0.25) is 9.59 Å². The Bertz CT molecular complexity index is 805. The van der Waals surface area contributed by atoms with Crippen molar-refractivity contribution in [3.63, 3.8) is 0 Å². The van der Waals surface area contributed by atoms with Crippen LogP contribution in [0.15, 0.2) is 42.5 Å². The van der Waals surface area contributed by atoms with E-state index in [2.05, 4.69) is 10.6 Å². The number of amides is 2. The summed E-state index contributed by atoms with van der Waals surface area (Å²) in [6.07, 6.45) is 0. The maximum atomic E-state index is 12.7. The Morgan fingerprint density at radius 2 is 1.85 bits per heavy atom. The number of halogens is 1. The molecule has 0 saturated carbocycles. The number of nitrogens with one attached hydrogen (secondary N) is 2. The number of aryl methyl sites for hydroxylation is 1. The number of benzene rings is 2. The standard InChI is InChI=1S/C20H23ClN2O3/c1-12(2)18(23-19(24)14-7-5-6-13(3)10-14)20(25)22-17-9-8-15(26-4)11-16(17)21/h5-12,18H,1-4H3,(H,22,25)(H,23,24). The Kier molecular flexibility index (Phi) is 6.64. The molecule has 2 N–H and O–H groups in total. The summed E-state index contributed by atoms with van der Waals surface area (Å²) in [5.74, 6) is -0.113. The van der Waals surface area contributed by atoms with E-state index in [0.29, 0.717) is 22.0 Å². The number of rotatable bonds is 6. The van der Waals surface area contributed by atoms with Crippen molar-refractivity contribution < 1.29 is 14.3 Å². The maximum absolute atomic E-state index is 12.7. The van der Waals surface area contributed by atoms with Crippen LogP contribution in [0.1, 0.15) is 29.8 Å². The number of anilines is 1. The molecule has 0 spiro atoms. The van der Waals surface area contributed by atoms with E-state index in [4.69, 9.17) is 16.3 Å². The molecule has 0 heterocycles. The summed E-state index contributed by atoms with van der Waals surface area (Å²) >= 11 is 6.17. The van der Waals surface area contributed by atoms with Crippen LogP contribution < -0.4 is 15.4 Å². The largest absolute Gasteiger partial charge is 0.497 e. The first kappa shape index (κ1) is 19.8. The van der Waals surface area contributed by atoms with Gasteiger partial charge in [0.25, 0.3) is 5.91 Å². The average molecular weight is 375 g/mol. The molecule has 1 unspecified atom stereocenters. The van der Waals surface area contributed by atoms with Gasteiger partial charge in [0.05, 0.1) is 17.8 Å². The monoisotopic (exact) mass is 374 g/mol. The van der Waals surface area contributed by atoms with Crippen LogP contribution in [-0.2, 0) is 4.79 Å². The second-order valence-electron chi connectivity index (χ2n) is 6.40. The van der Waals surface area contributed by atoms with Gasteiger partial charge >= 0.3 is 0 Å². The second-order valence-corrected chi connectivity index (χ2v) is 6.81. The van der Waals surface area contributed by atoms with Gasteiger partial charge in [0.1, 0.15) is 11.8 Å². The third-order valence-corrected chi connectivity index (χ3v) is 4.26. The molecule has 2 aromatic rings. The topological polar surface area (TPSA) is 67.4 Å². The molecule has 2 amide bonds. The van der Waals surface area contributed by atoms with Gasteiger partial charge in [0.2, 0.25) is 5.91 Å². The highest BCUT2D eigenvalue weighted by Gasteiger charge is 2.25. The zero-order chi connectivity index (χ0) is 19.3. The van der Waals surface area contributed by atoms with E-state index in [9.17, 15) is 9.59 Å². The second kappa shape index (κ2) is 8.72. The summed E-state index contributed by atoms with van der Waals surface area (Å²) in [7, 11) is 1.54. The SMILES string of the molecule is COc1ccc(NC(=O)C(NC(=O)c2cccc(C)c2)C(C)C)c(Cl)c1. The molecule has 0 aliphatic heterocycles. The van der Waals surface area contributed by atoms with Crippen LogP contribution in [0.5, 0.6) is 5.75 Å². The molecule has 0 radical (unpaired) electrons. The van der Waals surface area contributed by atoms with Crippen molar-refractivity contribution in [3.05, 3.63) is 58.6 Å². The lowest BCUT2D eigenvalue weighted by Gasteiger charge is -2.22. The fraction of sp³-hybridized carbons (Fsp3) is 0.300. The van der Waals surface area contributed by atoms with Crippen molar-refractivity contribution in [2.45, 2.75) is 26.8 Å². The Hall–Kier alpha value is -2.53. The summed E-state index contributed by atoms with van der Waals surface area (Å²) in [6, 6.07) is 11.5. The minimum absolute atomic E-state index is 0.0965. The Labute approximate surface area is 158 Å². The van der Waals surface area contributed by atoms with E-state index in [1.807, 2.05) is 32.9 Å². The molecular formula is C20H23ClN2O3. The molecule has 0 aliphatic rings. The van der Waals surface area contributed by atoms with Crippen molar-refractivity contribution in [3.8, 4) is 5.75 Å². The van der Waals surface area contributed by atoms with Gasteiger partial charge in [0.15, 0.2) is 0 Å². The molecule has 0 saturated heterocycles. The molecule has 0 bridgehead atoms.